The first kappa shape index (κ1) is 10.8. The number of hydrogen-bond acceptors (Lipinski definition) is 2. The highest BCUT2D eigenvalue weighted by Gasteiger charge is 2.22. The molecule has 1 aliphatic rings. The van der Waals surface area contributed by atoms with Crippen molar-refractivity contribution in [3.05, 3.63) is 0 Å². The normalized spacial score (nSPS) is 28.5. The van der Waals surface area contributed by atoms with Gasteiger partial charge in [-0.25, -0.2) is 0 Å². The predicted molar refractivity (Wildman–Crippen MR) is 51.7 cm³/mol. The number of amides is 1. The molecule has 1 aliphatic carbocycles. The highest BCUT2D eigenvalue weighted by molar-refractivity contribution is 6.27. The van der Waals surface area contributed by atoms with Gasteiger partial charge in [0.05, 0.1) is 6.10 Å². The molecule has 0 aromatic heterocycles. The minimum Gasteiger partial charge on any atom is -0.393 e. The van der Waals surface area contributed by atoms with Gasteiger partial charge in [-0.05, 0) is 12.8 Å². The van der Waals surface area contributed by atoms with Gasteiger partial charge >= 0.3 is 0 Å². The number of aliphatic hydroxyl groups is 1. The maximum Gasteiger partial charge on any atom is 0.234 e. The molecule has 1 rings (SSSR count). The van der Waals surface area contributed by atoms with Gasteiger partial charge in [0, 0.05) is 12.5 Å². The highest BCUT2D eigenvalue weighted by Crippen LogP contribution is 2.23. The molecule has 0 aromatic carbocycles. The van der Waals surface area contributed by atoms with E-state index >= 15 is 0 Å². The number of rotatable bonds is 3. The van der Waals surface area contributed by atoms with E-state index in [9.17, 15) is 9.90 Å². The Bertz CT molecular complexity index is 175. The monoisotopic (exact) mass is 205 g/mol. The Morgan fingerprint density at radius 1 is 1.46 bits per heavy atom. The second-order valence-corrected chi connectivity index (χ2v) is 3.82. The van der Waals surface area contributed by atoms with E-state index in [0.29, 0.717) is 6.54 Å². The van der Waals surface area contributed by atoms with E-state index in [2.05, 4.69) is 5.32 Å². The van der Waals surface area contributed by atoms with Crippen molar-refractivity contribution in [2.24, 2.45) is 5.92 Å². The average molecular weight is 206 g/mol. The molecule has 0 aromatic rings. The van der Waals surface area contributed by atoms with Gasteiger partial charge < -0.3 is 10.4 Å². The Hall–Kier alpha value is -0.280. The molecule has 4 heteroatoms. The summed E-state index contributed by atoms with van der Waals surface area (Å²) < 4.78 is 0. The van der Waals surface area contributed by atoms with Gasteiger partial charge in [-0.3, -0.25) is 4.79 Å². The number of nitrogens with one attached hydrogen (secondary N) is 1. The molecule has 1 amide bonds. The van der Waals surface area contributed by atoms with Crippen molar-refractivity contribution in [3.63, 3.8) is 0 Å². The van der Waals surface area contributed by atoms with E-state index in [1.165, 1.54) is 0 Å². The number of carbonyl (C=O) groups is 1. The van der Waals surface area contributed by atoms with Crippen LogP contribution in [0.25, 0.3) is 0 Å². The van der Waals surface area contributed by atoms with Gasteiger partial charge in [0.1, 0.15) is 5.88 Å². The van der Waals surface area contributed by atoms with Crippen LogP contribution in [0.1, 0.15) is 25.7 Å². The third kappa shape index (κ3) is 3.53. The number of halogens is 1. The lowest BCUT2D eigenvalue weighted by atomic mass is 9.86. The average Bonchev–Trinajstić information content (AvgIpc) is 2.16. The van der Waals surface area contributed by atoms with E-state index in [0.717, 1.165) is 25.7 Å². The molecule has 2 unspecified atom stereocenters. The summed E-state index contributed by atoms with van der Waals surface area (Å²) >= 11 is 5.33. The number of alkyl halides is 1. The lowest BCUT2D eigenvalue weighted by Gasteiger charge is -2.27. The predicted octanol–water partition coefficient (Wildman–Crippen LogP) is 0.892. The molecule has 3 nitrogen and oxygen atoms in total. The molecule has 0 heterocycles. The van der Waals surface area contributed by atoms with Crippen LogP contribution in [-0.2, 0) is 4.79 Å². The van der Waals surface area contributed by atoms with E-state index in [1.54, 1.807) is 0 Å². The Morgan fingerprint density at radius 2 is 2.15 bits per heavy atom. The molecule has 2 N–H and O–H groups in total. The number of hydrogen-bond donors (Lipinski definition) is 2. The maximum atomic E-state index is 10.8. The molecule has 76 valence electrons. The van der Waals surface area contributed by atoms with Gasteiger partial charge in [-0.2, -0.15) is 0 Å². The summed E-state index contributed by atoms with van der Waals surface area (Å²) in [5.41, 5.74) is 0. The molecule has 13 heavy (non-hydrogen) atoms. The van der Waals surface area contributed by atoms with Crippen LogP contribution in [0.3, 0.4) is 0 Å². The summed E-state index contributed by atoms with van der Waals surface area (Å²) in [6, 6.07) is 0. The standard InChI is InChI=1S/C9H16ClNO2/c10-5-9(13)11-6-7-3-1-2-4-8(7)12/h7-8,12H,1-6H2,(H,11,13). The Morgan fingerprint density at radius 3 is 2.77 bits per heavy atom. The minimum atomic E-state index is -0.246. The molecular weight excluding hydrogens is 190 g/mol. The number of aliphatic hydroxyl groups excluding tert-OH is 1. The fourth-order valence-corrected chi connectivity index (χ4v) is 1.81. The van der Waals surface area contributed by atoms with Crippen LogP contribution < -0.4 is 5.32 Å². The van der Waals surface area contributed by atoms with Crippen molar-refractivity contribution in [2.45, 2.75) is 31.8 Å². The smallest absolute Gasteiger partial charge is 0.234 e. The van der Waals surface area contributed by atoms with Crippen molar-refractivity contribution in [2.75, 3.05) is 12.4 Å². The van der Waals surface area contributed by atoms with Crippen LogP contribution >= 0.6 is 11.6 Å². The Labute approximate surface area is 83.5 Å². The Kier molecular flexibility index (Phi) is 4.53. The first-order valence-electron chi connectivity index (χ1n) is 4.74. The van der Waals surface area contributed by atoms with Crippen LogP contribution in [-0.4, -0.2) is 29.5 Å². The zero-order chi connectivity index (χ0) is 9.68. The summed E-state index contributed by atoms with van der Waals surface area (Å²) in [7, 11) is 0. The van der Waals surface area contributed by atoms with Crippen molar-refractivity contribution in [3.8, 4) is 0 Å². The SMILES string of the molecule is O=C(CCl)NCC1CCCCC1O. The van der Waals surface area contributed by atoms with Gasteiger partial charge in [0.25, 0.3) is 0 Å². The number of carbonyl (C=O) groups excluding carboxylic acids is 1. The third-order valence-electron chi connectivity index (χ3n) is 2.55. The summed E-state index contributed by atoms with van der Waals surface area (Å²) in [6.45, 7) is 0.562. The van der Waals surface area contributed by atoms with E-state index < -0.39 is 0 Å². The first-order valence-corrected chi connectivity index (χ1v) is 5.28. The largest absolute Gasteiger partial charge is 0.393 e. The fourth-order valence-electron chi connectivity index (χ4n) is 1.72. The zero-order valence-corrected chi connectivity index (χ0v) is 8.39. The van der Waals surface area contributed by atoms with E-state index in [4.69, 9.17) is 11.6 Å². The van der Waals surface area contributed by atoms with Crippen LogP contribution in [0, 0.1) is 5.92 Å². The molecule has 1 saturated carbocycles. The molecular formula is C9H16ClNO2. The lowest BCUT2D eigenvalue weighted by molar-refractivity contribution is -0.119. The van der Waals surface area contributed by atoms with Crippen molar-refractivity contribution in [1.82, 2.24) is 5.32 Å². The second kappa shape index (κ2) is 5.45. The minimum absolute atomic E-state index is 0.00279. The molecule has 0 spiro atoms. The molecule has 1 fully saturated rings. The second-order valence-electron chi connectivity index (χ2n) is 3.55. The molecule has 0 bridgehead atoms. The van der Waals surface area contributed by atoms with Gasteiger partial charge in [-0.1, -0.05) is 12.8 Å². The summed E-state index contributed by atoms with van der Waals surface area (Å²) in [5.74, 6) is 0.0726. The Balaban J connectivity index is 2.22. The van der Waals surface area contributed by atoms with Gasteiger partial charge in [0.2, 0.25) is 5.91 Å². The van der Waals surface area contributed by atoms with Crippen molar-refractivity contribution < 1.29 is 9.90 Å². The fraction of sp³-hybridized carbons (Fsp3) is 0.889. The van der Waals surface area contributed by atoms with E-state index in [-0.39, 0.29) is 23.8 Å². The molecule has 0 radical (unpaired) electrons. The molecule has 0 aliphatic heterocycles. The van der Waals surface area contributed by atoms with Crippen molar-refractivity contribution in [1.29, 1.82) is 0 Å². The van der Waals surface area contributed by atoms with Crippen LogP contribution in [0.15, 0.2) is 0 Å². The third-order valence-corrected chi connectivity index (χ3v) is 2.79. The van der Waals surface area contributed by atoms with E-state index in [1.807, 2.05) is 0 Å². The summed E-state index contributed by atoms with van der Waals surface area (Å²) in [6.07, 6.45) is 3.87. The van der Waals surface area contributed by atoms with Gasteiger partial charge in [-0.15, -0.1) is 11.6 Å². The maximum absolute atomic E-state index is 10.8. The quantitative estimate of drug-likeness (QED) is 0.673. The lowest BCUT2D eigenvalue weighted by Crippen LogP contribution is -2.37. The van der Waals surface area contributed by atoms with Crippen LogP contribution in [0.2, 0.25) is 0 Å². The summed E-state index contributed by atoms with van der Waals surface area (Å²) in [4.78, 5) is 10.8. The van der Waals surface area contributed by atoms with Crippen molar-refractivity contribution >= 4 is 17.5 Å². The van der Waals surface area contributed by atoms with Crippen LogP contribution in [0.5, 0.6) is 0 Å². The highest BCUT2D eigenvalue weighted by atomic mass is 35.5. The first-order chi connectivity index (χ1) is 6.24. The molecule has 2 atom stereocenters. The van der Waals surface area contributed by atoms with Gasteiger partial charge in [0.15, 0.2) is 0 Å². The summed E-state index contributed by atoms with van der Waals surface area (Å²) in [5, 5.41) is 12.3. The topological polar surface area (TPSA) is 49.3 Å². The van der Waals surface area contributed by atoms with Crippen LogP contribution in [0.4, 0.5) is 0 Å². The molecule has 0 saturated heterocycles. The zero-order valence-electron chi connectivity index (χ0n) is 7.63.